The molecule has 0 amide bonds. The van der Waals surface area contributed by atoms with E-state index in [0.29, 0.717) is 5.56 Å². The van der Waals surface area contributed by atoms with Crippen molar-refractivity contribution in [3.63, 3.8) is 0 Å². The van der Waals surface area contributed by atoms with E-state index in [1.807, 2.05) is 18.2 Å². The van der Waals surface area contributed by atoms with E-state index in [9.17, 15) is 8.78 Å². The lowest BCUT2D eigenvalue weighted by atomic mass is 10.0. The van der Waals surface area contributed by atoms with Crippen molar-refractivity contribution in [1.29, 1.82) is 0 Å². The van der Waals surface area contributed by atoms with Crippen LogP contribution in [0.3, 0.4) is 0 Å². The zero-order valence-corrected chi connectivity index (χ0v) is 12.4. The minimum absolute atomic E-state index is 0.0543. The lowest BCUT2D eigenvalue weighted by Crippen LogP contribution is -2.28. The molecule has 1 heterocycles. The Kier molecular flexibility index (Phi) is 4.80. The first-order chi connectivity index (χ1) is 10.7. The molecule has 4 heteroatoms. The summed E-state index contributed by atoms with van der Waals surface area (Å²) >= 11 is 0. The minimum Gasteiger partial charge on any atom is -0.309 e. The second-order valence-corrected chi connectivity index (χ2v) is 5.72. The first-order valence-electron chi connectivity index (χ1n) is 7.67. The first kappa shape index (κ1) is 15.1. The topological polar surface area (TPSA) is 15.3 Å². The quantitative estimate of drug-likeness (QED) is 0.933. The fourth-order valence-electron chi connectivity index (χ4n) is 2.97. The van der Waals surface area contributed by atoms with Crippen molar-refractivity contribution in [3.05, 3.63) is 71.3 Å². The Balaban J connectivity index is 1.64. The maximum atomic E-state index is 13.9. The van der Waals surface area contributed by atoms with Crippen LogP contribution in [0.25, 0.3) is 0 Å². The molecule has 2 nitrogen and oxygen atoms in total. The van der Waals surface area contributed by atoms with Crippen LogP contribution in [-0.4, -0.2) is 24.5 Å². The van der Waals surface area contributed by atoms with E-state index >= 15 is 0 Å². The van der Waals surface area contributed by atoms with Gasteiger partial charge in [-0.1, -0.05) is 36.4 Å². The highest BCUT2D eigenvalue weighted by molar-refractivity contribution is 5.22. The molecule has 1 fully saturated rings. The molecule has 0 radical (unpaired) electrons. The smallest absolute Gasteiger partial charge is 0.130 e. The highest BCUT2D eigenvalue weighted by Gasteiger charge is 2.20. The van der Waals surface area contributed by atoms with Gasteiger partial charge in [-0.05, 0) is 18.1 Å². The molecule has 0 aromatic heterocycles. The highest BCUT2D eigenvalue weighted by atomic mass is 19.1. The fourth-order valence-corrected chi connectivity index (χ4v) is 2.97. The van der Waals surface area contributed by atoms with Gasteiger partial charge in [0.15, 0.2) is 0 Å². The molecule has 2 aromatic carbocycles. The number of rotatable bonds is 3. The number of nitrogens with one attached hydrogen (secondary N) is 1. The monoisotopic (exact) mass is 302 g/mol. The number of nitrogens with zero attached hydrogens (tertiary/aromatic N) is 1. The summed E-state index contributed by atoms with van der Waals surface area (Å²) in [6.45, 7) is 3.52. The molecule has 1 aliphatic rings. The molecule has 0 aliphatic carbocycles. The Labute approximate surface area is 129 Å². The number of benzene rings is 2. The summed E-state index contributed by atoms with van der Waals surface area (Å²) in [5, 5.41) is 3.37. The molecule has 22 heavy (non-hydrogen) atoms. The SMILES string of the molecule is Fc1ccc([C@H]2CCN(Cc3ccccc3)CCN2)c(F)c1. The standard InChI is InChI=1S/C18H20F2N2/c19-15-6-7-16(17(20)12-15)18-8-10-22(11-9-21-18)13-14-4-2-1-3-5-14/h1-7,12,18,21H,8-11,13H2/t18-/m1/s1. The zero-order valence-electron chi connectivity index (χ0n) is 12.4. The molecule has 0 saturated carbocycles. The fraction of sp³-hybridized carbons (Fsp3) is 0.333. The summed E-state index contributed by atoms with van der Waals surface area (Å²) in [4.78, 5) is 2.36. The van der Waals surface area contributed by atoms with Gasteiger partial charge in [0.1, 0.15) is 11.6 Å². The van der Waals surface area contributed by atoms with E-state index in [1.165, 1.54) is 11.6 Å². The van der Waals surface area contributed by atoms with E-state index in [-0.39, 0.29) is 6.04 Å². The molecule has 0 spiro atoms. The van der Waals surface area contributed by atoms with E-state index in [4.69, 9.17) is 0 Å². The van der Waals surface area contributed by atoms with Gasteiger partial charge in [-0.2, -0.15) is 0 Å². The summed E-state index contributed by atoms with van der Waals surface area (Å²) in [7, 11) is 0. The Bertz CT molecular complexity index is 616. The third kappa shape index (κ3) is 3.70. The summed E-state index contributed by atoms with van der Waals surface area (Å²) in [6.07, 6.45) is 0.815. The van der Waals surface area contributed by atoms with Crippen molar-refractivity contribution < 1.29 is 8.78 Å². The van der Waals surface area contributed by atoms with Gasteiger partial charge in [-0.3, -0.25) is 4.90 Å². The number of hydrogen-bond donors (Lipinski definition) is 1. The van der Waals surface area contributed by atoms with E-state index in [1.54, 1.807) is 6.07 Å². The van der Waals surface area contributed by atoms with Gasteiger partial charge >= 0.3 is 0 Å². The zero-order chi connectivity index (χ0) is 15.4. The van der Waals surface area contributed by atoms with Crippen LogP contribution < -0.4 is 5.32 Å². The molecule has 1 saturated heterocycles. The van der Waals surface area contributed by atoms with Gasteiger partial charge in [0.25, 0.3) is 0 Å². The third-order valence-corrected chi connectivity index (χ3v) is 4.14. The van der Waals surface area contributed by atoms with Crippen LogP contribution in [-0.2, 0) is 6.54 Å². The van der Waals surface area contributed by atoms with Crippen molar-refractivity contribution in [2.45, 2.75) is 19.0 Å². The summed E-state index contributed by atoms with van der Waals surface area (Å²) < 4.78 is 26.9. The van der Waals surface area contributed by atoms with Gasteiger partial charge in [-0.25, -0.2) is 8.78 Å². The molecule has 116 valence electrons. The molecule has 1 aliphatic heterocycles. The van der Waals surface area contributed by atoms with Crippen LogP contribution in [0.15, 0.2) is 48.5 Å². The number of halogens is 2. The van der Waals surface area contributed by atoms with Gasteiger partial charge in [-0.15, -0.1) is 0 Å². The average Bonchev–Trinajstić information content (AvgIpc) is 2.74. The molecule has 2 aromatic rings. The van der Waals surface area contributed by atoms with Crippen LogP contribution in [0, 0.1) is 11.6 Å². The van der Waals surface area contributed by atoms with Crippen LogP contribution in [0.2, 0.25) is 0 Å². The third-order valence-electron chi connectivity index (χ3n) is 4.14. The second kappa shape index (κ2) is 6.99. The Hall–Kier alpha value is -1.78. The molecule has 1 atom stereocenters. The lowest BCUT2D eigenvalue weighted by molar-refractivity contribution is 0.282. The Morgan fingerprint density at radius 3 is 2.64 bits per heavy atom. The van der Waals surface area contributed by atoms with Gasteiger partial charge in [0.05, 0.1) is 0 Å². The maximum absolute atomic E-state index is 13.9. The molecular formula is C18H20F2N2. The summed E-state index contributed by atoms with van der Waals surface area (Å²) in [6, 6.07) is 14.1. The molecule has 0 bridgehead atoms. The van der Waals surface area contributed by atoms with Crippen molar-refractivity contribution in [2.75, 3.05) is 19.6 Å². The van der Waals surface area contributed by atoms with Crippen molar-refractivity contribution in [1.82, 2.24) is 10.2 Å². The van der Waals surface area contributed by atoms with E-state index < -0.39 is 11.6 Å². The normalized spacial score (nSPS) is 19.8. The van der Waals surface area contributed by atoms with Crippen LogP contribution in [0.1, 0.15) is 23.6 Å². The van der Waals surface area contributed by atoms with Gasteiger partial charge < -0.3 is 5.32 Å². The minimum atomic E-state index is -0.527. The molecule has 3 rings (SSSR count). The maximum Gasteiger partial charge on any atom is 0.130 e. The van der Waals surface area contributed by atoms with Gasteiger partial charge in [0, 0.05) is 43.9 Å². The van der Waals surface area contributed by atoms with Crippen LogP contribution in [0.4, 0.5) is 8.78 Å². The van der Waals surface area contributed by atoms with Crippen LogP contribution in [0.5, 0.6) is 0 Å². The molecule has 1 N–H and O–H groups in total. The predicted octanol–water partition coefficient (Wildman–Crippen LogP) is 3.50. The summed E-state index contributed by atoms with van der Waals surface area (Å²) in [5.41, 5.74) is 1.84. The highest BCUT2D eigenvalue weighted by Crippen LogP contribution is 2.23. The lowest BCUT2D eigenvalue weighted by Gasteiger charge is -2.20. The molecular weight excluding hydrogens is 282 g/mol. The number of hydrogen-bond acceptors (Lipinski definition) is 2. The first-order valence-corrected chi connectivity index (χ1v) is 7.67. The Morgan fingerprint density at radius 1 is 1.05 bits per heavy atom. The van der Waals surface area contributed by atoms with E-state index in [0.717, 1.165) is 38.7 Å². The van der Waals surface area contributed by atoms with Crippen molar-refractivity contribution in [3.8, 4) is 0 Å². The van der Waals surface area contributed by atoms with Crippen molar-refractivity contribution in [2.24, 2.45) is 0 Å². The average molecular weight is 302 g/mol. The Morgan fingerprint density at radius 2 is 1.86 bits per heavy atom. The largest absolute Gasteiger partial charge is 0.309 e. The second-order valence-electron chi connectivity index (χ2n) is 5.72. The predicted molar refractivity (Wildman–Crippen MR) is 83.4 cm³/mol. The van der Waals surface area contributed by atoms with Crippen LogP contribution >= 0.6 is 0 Å². The van der Waals surface area contributed by atoms with Crippen molar-refractivity contribution >= 4 is 0 Å². The van der Waals surface area contributed by atoms with E-state index in [2.05, 4.69) is 22.3 Å². The molecule has 0 unspecified atom stereocenters. The van der Waals surface area contributed by atoms with Gasteiger partial charge in [0.2, 0.25) is 0 Å². The summed E-state index contributed by atoms with van der Waals surface area (Å²) in [5.74, 6) is -0.991.